The molecule has 104 valence electrons. The van der Waals surface area contributed by atoms with Crippen molar-refractivity contribution < 1.29 is 23.1 Å². The molecule has 0 aliphatic rings. The number of carboxylic acids is 1. The molecule has 0 aliphatic carbocycles. The van der Waals surface area contributed by atoms with Crippen LogP contribution >= 0.6 is 0 Å². The quantitative estimate of drug-likeness (QED) is 0.597. The van der Waals surface area contributed by atoms with Gasteiger partial charge in [-0.25, -0.2) is 18.0 Å². The van der Waals surface area contributed by atoms with Crippen LogP contribution in [0.5, 0.6) is 0 Å². The van der Waals surface area contributed by atoms with E-state index in [1.54, 1.807) is 0 Å². The number of aromatic carboxylic acids is 1. The van der Waals surface area contributed by atoms with Gasteiger partial charge in [0.05, 0.1) is 11.3 Å². The van der Waals surface area contributed by atoms with Crippen LogP contribution in [0.25, 0.3) is 0 Å². The number of benzene rings is 2. The molecule has 0 fully saturated rings. The fourth-order valence-electron chi connectivity index (χ4n) is 1.63. The number of hydrogen-bond donors (Lipinski definition) is 3. The van der Waals surface area contributed by atoms with Gasteiger partial charge in [0.1, 0.15) is 0 Å². The third kappa shape index (κ3) is 2.66. The van der Waals surface area contributed by atoms with Gasteiger partial charge in [-0.15, -0.1) is 0 Å². The van der Waals surface area contributed by atoms with Crippen LogP contribution in [0.2, 0.25) is 0 Å². The second-order valence-corrected chi connectivity index (χ2v) is 3.99. The maximum Gasteiger partial charge on any atom is 0.337 e. The fraction of sp³-hybridized carbons (Fsp3) is 0. The predicted octanol–water partition coefficient (Wildman–Crippen LogP) is 3.13. The lowest BCUT2D eigenvalue weighted by Crippen LogP contribution is -2.04. The van der Waals surface area contributed by atoms with Gasteiger partial charge in [0.25, 0.3) is 0 Å². The van der Waals surface area contributed by atoms with Crippen molar-refractivity contribution in [3.05, 3.63) is 53.3 Å². The zero-order chi connectivity index (χ0) is 14.9. The number of nitrogens with one attached hydrogen (secondary N) is 1. The minimum Gasteiger partial charge on any atom is -0.478 e. The Labute approximate surface area is 111 Å². The van der Waals surface area contributed by atoms with E-state index in [4.69, 9.17) is 10.8 Å². The predicted molar refractivity (Wildman–Crippen MR) is 67.4 cm³/mol. The van der Waals surface area contributed by atoms with Gasteiger partial charge in [-0.1, -0.05) is 0 Å². The molecule has 0 saturated heterocycles. The summed E-state index contributed by atoms with van der Waals surface area (Å²) < 4.78 is 39.0. The first-order valence-corrected chi connectivity index (χ1v) is 5.43. The second-order valence-electron chi connectivity index (χ2n) is 3.99. The Morgan fingerprint density at radius 2 is 1.70 bits per heavy atom. The molecule has 0 aromatic heterocycles. The van der Waals surface area contributed by atoms with Crippen LogP contribution in [-0.2, 0) is 0 Å². The van der Waals surface area contributed by atoms with Crippen LogP contribution in [0, 0.1) is 17.5 Å². The summed E-state index contributed by atoms with van der Waals surface area (Å²) in [6.07, 6.45) is 0. The smallest absolute Gasteiger partial charge is 0.337 e. The summed E-state index contributed by atoms with van der Waals surface area (Å²) in [5.74, 6) is -5.60. The molecule has 0 radical (unpaired) electrons. The first-order chi connectivity index (χ1) is 9.38. The van der Waals surface area contributed by atoms with Gasteiger partial charge < -0.3 is 16.2 Å². The molecule has 0 unspecified atom stereocenters. The number of hydrogen-bond acceptors (Lipinski definition) is 3. The first-order valence-electron chi connectivity index (χ1n) is 5.43. The van der Waals surface area contributed by atoms with Crippen molar-refractivity contribution in [1.82, 2.24) is 0 Å². The van der Waals surface area contributed by atoms with Crippen LogP contribution in [-0.4, -0.2) is 11.1 Å². The van der Waals surface area contributed by atoms with E-state index in [9.17, 15) is 18.0 Å². The summed E-state index contributed by atoms with van der Waals surface area (Å²) in [7, 11) is 0. The van der Waals surface area contributed by atoms with Gasteiger partial charge in [-0.3, -0.25) is 0 Å². The Morgan fingerprint density at radius 3 is 2.25 bits per heavy atom. The molecule has 20 heavy (non-hydrogen) atoms. The van der Waals surface area contributed by atoms with Crippen molar-refractivity contribution in [3.63, 3.8) is 0 Å². The molecule has 2 aromatic carbocycles. The zero-order valence-corrected chi connectivity index (χ0v) is 9.95. The number of rotatable bonds is 3. The van der Waals surface area contributed by atoms with Crippen LogP contribution in [0.4, 0.5) is 30.2 Å². The molecule has 0 heterocycles. The Hall–Kier alpha value is -2.70. The highest BCUT2D eigenvalue weighted by Gasteiger charge is 2.14. The number of carboxylic acid groups (broad SMARTS) is 1. The summed E-state index contributed by atoms with van der Waals surface area (Å²) in [5, 5.41) is 11.5. The zero-order valence-electron chi connectivity index (χ0n) is 9.95. The van der Waals surface area contributed by atoms with Crippen LogP contribution in [0.1, 0.15) is 10.4 Å². The minimum atomic E-state index is -1.60. The van der Waals surface area contributed by atoms with Crippen LogP contribution in [0.15, 0.2) is 30.3 Å². The van der Waals surface area contributed by atoms with Gasteiger partial charge in [-0.2, -0.15) is 0 Å². The van der Waals surface area contributed by atoms with Crippen molar-refractivity contribution >= 4 is 23.0 Å². The average molecular weight is 282 g/mol. The molecule has 4 N–H and O–H groups in total. The lowest BCUT2D eigenvalue weighted by molar-refractivity contribution is 0.0698. The summed E-state index contributed by atoms with van der Waals surface area (Å²) in [6, 6.07) is 5.35. The lowest BCUT2D eigenvalue weighted by atomic mass is 10.1. The number of halogens is 3. The Bertz CT molecular complexity index is 666. The molecular weight excluding hydrogens is 273 g/mol. The van der Waals surface area contributed by atoms with Gasteiger partial charge in [0, 0.05) is 23.5 Å². The van der Waals surface area contributed by atoms with Crippen molar-refractivity contribution in [2.75, 3.05) is 11.1 Å². The third-order valence-electron chi connectivity index (χ3n) is 2.54. The summed E-state index contributed by atoms with van der Waals surface area (Å²) >= 11 is 0. The standard InChI is InChI=1S/C13H9F3N2O2/c14-9-4-7(5-10(15)12(9)16)18-11-3-6(17)1-2-8(11)13(19)20/h1-5,18H,17H2,(H,19,20). The molecule has 0 spiro atoms. The van der Waals surface area contributed by atoms with E-state index in [2.05, 4.69) is 5.32 Å². The summed E-state index contributed by atoms with van der Waals surface area (Å²) in [6.45, 7) is 0. The fourth-order valence-corrected chi connectivity index (χ4v) is 1.63. The molecule has 7 heteroatoms. The van der Waals surface area contributed by atoms with E-state index < -0.39 is 23.4 Å². The summed E-state index contributed by atoms with van der Waals surface area (Å²) in [4.78, 5) is 11.0. The van der Waals surface area contributed by atoms with Gasteiger partial charge >= 0.3 is 5.97 Å². The maximum atomic E-state index is 13.1. The van der Waals surface area contributed by atoms with E-state index >= 15 is 0 Å². The van der Waals surface area contributed by atoms with Gasteiger partial charge in [-0.05, 0) is 18.2 Å². The van der Waals surface area contributed by atoms with E-state index in [-0.39, 0.29) is 22.6 Å². The van der Waals surface area contributed by atoms with Gasteiger partial charge in [0.15, 0.2) is 17.5 Å². The van der Waals surface area contributed by atoms with Crippen LogP contribution in [0.3, 0.4) is 0 Å². The Balaban J connectivity index is 2.44. The van der Waals surface area contributed by atoms with Crippen molar-refractivity contribution in [1.29, 1.82) is 0 Å². The molecule has 0 atom stereocenters. The maximum absolute atomic E-state index is 13.1. The monoisotopic (exact) mass is 282 g/mol. The van der Waals surface area contributed by atoms with Gasteiger partial charge in [0.2, 0.25) is 0 Å². The average Bonchev–Trinajstić information content (AvgIpc) is 2.35. The van der Waals surface area contributed by atoms with Crippen molar-refractivity contribution in [2.24, 2.45) is 0 Å². The highest BCUT2D eigenvalue weighted by atomic mass is 19.2. The number of nitrogens with two attached hydrogens (primary N) is 1. The van der Waals surface area contributed by atoms with Crippen molar-refractivity contribution in [3.8, 4) is 0 Å². The normalized spacial score (nSPS) is 10.3. The molecule has 0 bridgehead atoms. The molecule has 0 saturated carbocycles. The largest absolute Gasteiger partial charge is 0.478 e. The van der Waals surface area contributed by atoms with Crippen LogP contribution < -0.4 is 11.1 Å². The highest BCUT2D eigenvalue weighted by Crippen LogP contribution is 2.25. The SMILES string of the molecule is Nc1ccc(C(=O)O)c(Nc2cc(F)c(F)c(F)c2)c1. The van der Waals surface area contributed by atoms with E-state index in [0.29, 0.717) is 12.1 Å². The van der Waals surface area contributed by atoms with E-state index in [0.717, 1.165) is 0 Å². The lowest BCUT2D eigenvalue weighted by Gasteiger charge is -2.11. The van der Waals surface area contributed by atoms with E-state index in [1.807, 2.05) is 0 Å². The number of nitrogen functional groups attached to an aromatic ring is 1. The first kappa shape index (κ1) is 13.7. The molecular formula is C13H9F3N2O2. The van der Waals surface area contributed by atoms with Crippen molar-refractivity contribution in [2.45, 2.75) is 0 Å². The number of anilines is 3. The highest BCUT2D eigenvalue weighted by molar-refractivity contribution is 5.96. The molecule has 4 nitrogen and oxygen atoms in total. The molecule has 2 rings (SSSR count). The Kier molecular flexibility index (Phi) is 3.51. The molecule has 0 amide bonds. The third-order valence-corrected chi connectivity index (χ3v) is 2.54. The summed E-state index contributed by atoms with van der Waals surface area (Å²) in [5.41, 5.74) is 5.57. The second kappa shape index (κ2) is 5.12. The number of carbonyl (C=O) groups is 1. The van der Waals surface area contributed by atoms with E-state index in [1.165, 1.54) is 18.2 Å². The topological polar surface area (TPSA) is 75.4 Å². The molecule has 0 aliphatic heterocycles. The molecule has 2 aromatic rings. The Morgan fingerprint density at radius 1 is 1.10 bits per heavy atom. The minimum absolute atomic E-state index is 0.0444.